The molecule has 0 amide bonds. The van der Waals surface area contributed by atoms with Crippen molar-refractivity contribution in [1.82, 2.24) is 0 Å². The van der Waals surface area contributed by atoms with Crippen LogP contribution in [0.1, 0.15) is 62.3 Å². The van der Waals surface area contributed by atoms with Crippen molar-refractivity contribution in [2.24, 2.45) is 10.8 Å². The van der Waals surface area contributed by atoms with E-state index in [1.54, 1.807) is 0 Å². The molecule has 0 bridgehead atoms. The Morgan fingerprint density at radius 1 is 0.778 bits per heavy atom. The molecule has 0 saturated heterocycles. The summed E-state index contributed by atoms with van der Waals surface area (Å²) in [6.45, 7) is 23.3. The van der Waals surface area contributed by atoms with E-state index in [1.807, 2.05) is 0 Å². The molecule has 2 atom stereocenters. The van der Waals surface area contributed by atoms with Crippen LogP contribution in [-0.2, 0) is 23.6 Å². The van der Waals surface area contributed by atoms with Crippen molar-refractivity contribution in [2.45, 2.75) is 72.4 Å². The third-order valence-corrected chi connectivity index (χ3v) is 18.3. The van der Waals surface area contributed by atoms with E-state index in [1.165, 1.54) is 0 Å². The van der Waals surface area contributed by atoms with Gasteiger partial charge in [0.25, 0.3) is 0 Å². The molecule has 110 valence electrons. The van der Waals surface area contributed by atoms with Crippen molar-refractivity contribution in [3.8, 4) is 0 Å². The van der Waals surface area contributed by atoms with Crippen molar-refractivity contribution in [2.75, 3.05) is 6.66 Å². The van der Waals surface area contributed by atoms with Crippen LogP contribution in [0, 0.1) is 10.8 Å². The first-order valence-corrected chi connectivity index (χ1v) is 12.3. The average Bonchev–Trinajstić information content (AvgIpc) is 1.96. The lowest BCUT2D eigenvalue weighted by atomic mass is 9.76. The van der Waals surface area contributed by atoms with Crippen LogP contribution in [0.25, 0.3) is 0 Å². The highest BCUT2D eigenvalue weighted by Gasteiger charge is 2.58. The molecule has 0 saturated carbocycles. The normalized spacial score (nSPS) is 19.2. The van der Waals surface area contributed by atoms with Crippen LogP contribution < -0.4 is 0 Å². The topological polar surface area (TPSA) is 0 Å². The van der Waals surface area contributed by atoms with Crippen molar-refractivity contribution < 1.29 is 0 Å². The van der Waals surface area contributed by atoms with Gasteiger partial charge in [-0.1, -0.05) is 81.5 Å². The third kappa shape index (κ3) is 2.83. The molecule has 0 aromatic rings. The zero-order valence-corrected chi connectivity index (χ0v) is 17.5. The molecule has 0 N–H and O–H groups in total. The summed E-state index contributed by atoms with van der Waals surface area (Å²) in [4.78, 5) is 0.121. The molecular weight excluding hydrogens is 294 g/mol. The van der Waals surface area contributed by atoms with Gasteiger partial charge < -0.3 is 0 Å². The third-order valence-electron chi connectivity index (χ3n) is 4.41. The summed E-state index contributed by atoms with van der Waals surface area (Å²) in [7, 11) is -0.0836. The van der Waals surface area contributed by atoms with Gasteiger partial charge in [0, 0.05) is 4.90 Å². The lowest BCUT2D eigenvalue weighted by molar-refractivity contribution is 0.212. The largest absolute Gasteiger partial charge is 0.103 e. The quantitative estimate of drug-likeness (QED) is 0.610. The molecule has 0 aromatic carbocycles. The second-order valence-electron chi connectivity index (χ2n) is 8.48. The Hall–Kier alpha value is 1.30. The summed E-state index contributed by atoms with van der Waals surface area (Å²) < 4.78 is 0. The van der Waals surface area contributed by atoms with E-state index in [-0.39, 0.29) is 28.2 Å². The van der Waals surface area contributed by atoms with Gasteiger partial charge in [-0.2, -0.15) is 0 Å². The maximum absolute atomic E-state index is 6.28. The van der Waals surface area contributed by atoms with E-state index < -0.39 is 6.04 Å². The highest BCUT2D eigenvalue weighted by atomic mass is 32.5. The second-order valence-corrected chi connectivity index (χ2v) is 16.9. The molecule has 0 aromatic heterocycles. The maximum Gasteiger partial charge on any atom is 0.0335 e. The van der Waals surface area contributed by atoms with Crippen LogP contribution in [0.5, 0.6) is 0 Å². The van der Waals surface area contributed by atoms with Crippen LogP contribution >= 0.6 is 13.4 Å². The standard InChI is InChI=1S/C14H32P2S2/c1-11(2,3)14(15-17,12(4,5)6)16(10,18)13(7,8)9/h15H2,1-10H3/t16-/m0/s1. The first-order chi connectivity index (χ1) is 7.56. The van der Waals surface area contributed by atoms with Gasteiger partial charge in [0.15, 0.2) is 0 Å². The van der Waals surface area contributed by atoms with Crippen molar-refractivity contribution in [3.63, 3.8) is 0 Å². The van der Waals surface area contributed by atoms with Crippen LogP contribution in [-0.4, -0.2) is 16.7 Å². The van der Waals surface area contributed by atoms with Gasteiger partial charge in [-0.25, -0.2) is 0 Å². The zero-order chi connectivity index (χ0) is 15.2. The molecule has 0 spiro atoms. The minimum Gasteiger partial charge on any atom is -0.103 e. The van der Waals surface area contributed by atoms with Crippen LogP contribution in [0.2, 0.25) is 0 Å². The molecule has 0 aliphatic heterocycles. The molecule has 0 fully saturated rings. The Bertz CT molecular complexity index is 351. The summed E-state index contributed by atoms with van der Waals surface area (Å²) in [6, 6.07) is -1.59. The van der Waals surface area contributed by atoms with Crippen molar-refractivity contribution in [3.05, 3.63) is 0 Å². The van der Waals surface area contributed by atoms with Gasteiger partial charge in [-0.15, -0.1) is 11.8 Å². The summed E-state index contributed by atoms with van der Waals surface area (Å²) in [6.07, 6.45) is 0. The van der Waals surface area contributed by atoms with Gasteiger partial charge in [-0.3, -0.25) is 0 Å². The van der Waals surface area contributed by atoms with Gasteiger partial charge in [0.1, 0.15) is 0 Å². The van der Waals surface area contributed by atoms with E-state index in [0.29, 0.717) is 0 Å². The highest BCUT2D eigenvalue weighted by Crippen LogP contribution is 2.78. The Kier molecular flexibility index (Phi) is 5.63. The Balaban J connectivity index is 6.47. The van der Waals surface area contributed by atoms with Gasteiger partial charge in [-0.05, 0) is 28.7 Å². The Labute approximate surface area is 127 Å². The smallest absolute Gasteiger partial charge is 0.0335 e. The van der Waals surface area contributed by atoms with Gasteiger partial charge >= 0.3 is 0 Å². The van der Waals surface area contributed by atoms with E-state index >= 15 is 0 Å². The molecule has 0 rings (SSSR count). The summed E-state index contributed by atoms with van der Waals surface area (Å²) >= 11 is 12.0. The second kappa shape index (κ2) is 5.25. The SMILES string of the molecule is CC(C)(C)C([PH2]=S)(C(C)(C)C)[P@@](C)(=S)C(C)(C)C. The molecule has 0 aliphatic rings. The predicted molar refractivity (Wildman–Crippen MR) is 98.7 cm³/mol. The van der Waals surface area contributed by atoms with E-state index in [4.69, 9.17) is 23.6 Å². The first-order valence-electron chi connectivity index (χ1n) is 6.60. The average molecular weight is 326 g/mol. The lowest BCUT2D eigenvalue weighted by Crippen LogP contribution is -2.51. The molecule has 0 radical (unpaired) electrons. The molecule has 18 heavy (non-hydrogen) atoms. The van der Waals surface area contributed by atoms with Gasteiger partial charge in [0.2, 0.25) is 0 Å². The maximum atomic E-state index is 6.28. The monoisotopic (exact) mass is 326 g/mol. The predicted octanol–water partition coefficient (Wildman–Crippen LogP) is 5.56. The Morgan fingerprint density at radius 3 is 1.11 bits per heavy atom. The fourth-order valence-electron chi connectivity index (χ4n) is 3.39. The molecule has 1 unspecified atom stereocenters. The molecule has 0 heterocycles. The molecule has 0 aliphatic carbocycles. The first kappa shape index (κ1) is 19.3. The molecular formula is C14H32P2S2. The van der Waals surface area contributed by atoms with Crippen molar-refractivity contribution in [1.29, 1.82) is 0 Å². The molecule has 0 nitrogen and oxygen atoms in total. The fraction of sp³-hybridized carbons (Fsp3) is 1.00. The summed E-state index contributed by atoms with van der Waals surface area (Å²) in [5, 5.41) is 0.175. The van der Waals surface area contributed by atoms with E-state index in [9.17, 15) is 0 Å². The Morgan fingerprint density at radius 2 is 1.06 bits per heavy atom. The number of hydrogen-bond acceptors (Lipinski definition) is 2. The summed E-state index contributed by atoms with van der Waals surface area (Å²) in [5.41, 5.74) is 0.333. The number of hydrogen-bond donors (Lipinski definition) is 0. The lowest BCUT2D eigenvalue weighted by Gasteiger charge is -2.60. The number of rotatable bonds is 2. The minimum atomic E-state index is -1.59. The molecule has 4 heteroatoms. The van der Waals surface area contributed by atoms with Gasteiger partial charge in [0.05, 0.1) is 0 Å². The van der Waals surface area contributed by atoms with E-state index in [0.717, 1.165) is 0 Å². The highest BCUT2D eigenvalue weighted by molar-refractivity contribution is 8.19. The van der Waals surface area contributed by atoms with E-state index in [2.05, 4.69) is 69.0 Å². The van der Waals surface area contributed by atoms with Crippen molar-refractivity contribution >= 4 is 37.0 Å². The van der Waals surface area contributed by atoms with Crippen LogP contribution in [0.4, 0.5) is 0 Å². The van der Waals surface area contributed by atoms with Crippen LogP contribution in [0.3, 0.4) is 0 Å². The minimum absolute atomic E-state index is 0.0836. The zero-order valence-electron chi connectivity index (χ0n) is 13.8. The van der Waals surface area contributed by atoms with Crippen LogP contribution in [0.15, 0.2) is 0 Å². The fourth-order valence-corrected chi connectivity index (χ4v) is 16.4. The summed E-state index contributed by atoms with van der Waals surface area (Å²) in [5.74, 6) is 0.